The number of carbonyl (C=O) groups is 1. The summed E-state index contributed by atoms with van der Waals surface area (Å²) in [5.41, 5.74) is 9.30. The van der Waals surface area contributed by atoms with Crippen molar-refractivity contribution in [3.8, 4) is 0 Å². The van der Waals surface area contributed by atoms with Crippen LogP contribution in [-0.4, -0.2) is 19.0 Å². The van der Waals surface area contributed by atoms with Crippen LogP contribution in [0.15, 0.2) is 18.2 Å². The normalized spacial score (nSPS) is 10.0. The number of hydrogen-bond acceptors (Lipinski definition) is 2. The number of rotatable bonds is 9. The molecule has 1 aromatic carbocycles. The van der Waals surface area contributed by atoms with Gasteiger partial charge in [-0.25, -0.2) is 0 Å². The molecule has 0 aliphatic carbocycles. The van der Waals surface area contributed by atoms with Gasteiger partial charge in [-0.15, -0.1) is 12.4 Å². The molecule has 1 amide bonds. The molecule has 0 saturated heterocycles. The predicted molar refractivity (Wildman–Crippen MR) is 92.0 cm³/mol. The molecule has 0 aromatic heterocycles. The Balaban J connectivity index is 0.00000400. The van der Waals surface area contributed by atoms with Gasteiger partial charge in [-0.2, -0.15) is 0 Å². The van der Waals surface area contributed by atoms with Crippen LogP contribution in [0.25, 0.3) is 0 Å². The van der Waals surface area contributed by atoms with E-state index >= 15 is 0 Å². The van der Waals surface area contributed by atoms with Crippen LogP contribution in [-0.2, 0) is 11.2 Å². The summed E-state index contributed by atoms with van der Waals surface area (Å²) >= 11 is 0. The summed E-state index contributed by atoms with van der Waals surface area (Å²) in [6, 6.07) is 6.54. The monoisotopic (exact) mass is 312 g/mol. The van der Waals surface area contributed by atoms with Gasteiger partial charge >= 0.3 is 0 Å². The van der Waals surface area contributed by atoms with E-state index in [4.69, 9.17) is 5.73 Å². The zero-order chi connectivity index (χ0) is 14.8. The fraction of sp³-hybridized carbons (Fsp3) is 0.588. The van der Waals surface area contributed by atoms with E-state index in [1.165, 1.54) is 16.7 Å². The first-order valence-electron chi connectivity index (χ1n) is 7.66. The van der Waals surface area contributed by atoms with Crippen LogP contribution in [0, 0.1) is 13.8 Å². The smallest absolute Gasteiger partial charge is 0.220 e. The van der Waals surface area contributed by atoms with Gasteiger partial charge in [0.2, 0.25) is 5.91 Å². The van der Waals surface area contributed by atoms with Crippen molar-refractivity contribution >= 4 is 18.3 Å². The number of nitrogens with one attached hydrogen (secondary N) is 1. The maximum absolute atomic E-state index is 11.7. The molecule has 4 heteroatoms. The molecule has 3 nitrogen and oxygen atoms in total. The molecule has 0 radical (unpaired) electrons. The molecule has 0 unspecified atom stereocenters. The average Bonchev–Trinajstić information content (AvgIpc) is 2.37. The minimum absolute atomic E-state index is 0. The topological polar surface area (TPSA) is 55.1 Å². The second-order valence-electron chi connectivity index (χ2n) is 5.55. The van der Waals surface area contributed by atoms with Crippen molar-refractivity contribution in [3.05, 3.63) is 34.9 Å². The highest BCUT2D eigenvalue weighted by atomic mass is 35.5. The van der Waals surface area contributed by atoms with Crippen molar-refractivity contribution in [2.75, 3.05) is 13.1 Å². The van der Waals surface area contributed by atoms with Gasteiger partial charge in [0, 0.05) is 13.0 Å². The van der Waals surface area contributed by atoms with Gasteiger partial charge < -0.3 is 11.1 Å². The Morgan fingerprint density at radius 1 is 1.05 bits per heavy atom. The highest BCUT2D eigenvalue weighted by molar-refractivity contribution is 5.85. The Morgan fingerprint density at radius 3 is 2.29 bits per heavy atom. The second kappa shape index (κ2) is 11.6. The summed E-state index contributed by atoms with van der Waals surface area (Å²) < 4.78 is 0. The number of hydrogen-bond donors (Lipinski definition) is 2. The lowest BCUT2D eigenvalue weighted by molar-refractivity contribution is -0.121. The number of benzene rings is 1. The predicted octanol–water partition coefficient (Wildman–Crippen LogP) is 3.29. The van der Waals surface area contributed by atoms with Crippen molar-refractivity contribution in [3.63, 3.8) is 0 Å². The fourth-order valence-electron chi connectivity index (χ4n) is 2.43. The molecule has 0 atom stereocenters. The number of nitrogens with two attached hydrogens (primary N) is 1. The first-order chi connectivity index (χ1) is 9.61. The van der Waals surface area contributed by atoms with Crippen LogP contribution in [0.4, 0.5) is 0 Å². The van der Waals surface area contributed by atoms with E-state index in [0.29, 0.717) is 6.42 Å². The summed E-state index contributed by atoms with van der Waals surface area (Å²) in [4.78, 5) is 11.7. The minimum Gasteiger partial charge on any atom is -0.356 e. The molecule has 0 fully saturated rings. The van der Waals surface area contributed by atoms with Gasteiger partial charge in [0.25, 0.3) is 0 Å². The van der Waals surface area contributed by atoms with Crippen LogP contribution in [0.5, 0.6) is 0 Å². The molecule has 120 valence electrons. The van der Waals surface area contributed by atoms with Crippen LogP contribution in [0.3, 0.4) is 0 Å². The van der Waals surface area contributed by atoms with Gasteiger partial charge in [0.05, 0.1) is 0 Å². The third kappa shape index (κ3) is 9.48. The minimum atomic E-state index is 0. The first-order valence-corrected chi connectivity index (χ1v) is 7.66. The molecule has 1 rings (SSSR count). The number of amides is 1. The fourth-order valence-corrected chi connectivity index (χ4v) is 2.43. The maximum Gasteiger partial charge on any atom is 0.220 e. The molecule has 0 saturated carbocycles. The highest BCUT2D eigenvalue weighted by Crippen LogP contribution is 2.09. The third-order valence-electron chi connectivity index (χ3n) is 3.38. The number of halogens is 1. The molecule has 0 aliphatic rings. The average molecular weight is 313 g/mol. The van der Waals surface area contributed by atoms with Gasteiger partial charge in [-0.1, -0.05) is 42.2 Å². The summed E-state index contributed by atoms with van der Waals surface area (Å²) in [6.45, 7) is 5.69. The quantitative estimate of drug-likeness (QED) is 0.687. The second-order valence-corrected chi connectivity index (χ2v) is 5.55. The van der Waals surface area contributed by atoms with Gasteiger partial charge in [-0.05, 0) is 45.2 Å². The molecule has 0 heterocycles. The molecule has 0 bridgehead atoms. The first kappa shape index (κ1) is 19.9. The van der Waals surface area contributed by atoms with E-state index in [9.17, 15) is 4.79 Å². The maximum atomic E-state index is 11.7. The van der Waals surface area contributed by atoms with Crippen LogP contribution >= 0.6 is 12.4 Å². The van der Waals surface area contributed by atoms with E-state index in [1.807, 2.05) is 0 Å². The Bertz CT molecular complexity index is 401. The summed E-state index contributed by atoms with van der Waals surface area (Å²) in [5, 5.41) is 3.00. The van der Waals surface area contributed by atoms with E-state index in [2.05, 4.69) is 37.4 Å². The lowest BCUT2D eigenvalue weighted by Gasteiger charge is -2.07. The zero-order valence-corrected chi connectivity index (χ0v) is 14.1. The van der Waals surface area contributed by atoms with Crippen molar-refractivity contribution in [2.45, 2.75) is 52.4 Å². The van der Waals surface area contributed by atoms with Crippen LogP contribution < -0.4 is 11.1 Å². The van der Waals surface area contributed by atoms with E-state index in [-0.39, 0.29) is 18.3 Å². The van der Waals surface area contributed by atoms with Gasteiger partial charge in [0.15, 0.2) is 0 Å². The summed E-state index contributed by atoms with van der Waals surface area (Å²) in [5.74, 6) is 0.169. The van der Waals surface area contributed by atoms with Gasteiger partial charge in [0.1, 0.15) is 0 Å². The van der Waals surface area contributed by atoms with Crippen LogP contribution in [0.1, 0.15) is 48.8 Å². The van der Waals surface area contributed by atoms with E-state index < -0.39 is 0 Å². The standard InChI is InChI=1S/C17H28N2O.ClH/c1-14-11-15(2)13-16(12-14)8-10-19-17(20)7-5-3-4-6-9-18;/h11-13H,3-10,18H2,1-2H3,(H,19,20);1H. The highest BCUT2D eigenvalue weighted by Gasteiger charge is 2.01. The summed E-state index contributed by atoms with van der Waals surface area (Å²) in [7, 11) is 0. The molecule has 0 spiro atoms. The van der Waals surface area contributed by atoms with Crippen molar-refractivity contribution < 1.29 is 4.79 Å². The molecule has 0 aliphatic heterocycles. The molecule has 3 N–H and O–H groups in total. The lowest BCUT2D eigenvalue weighted by atomic mass is 10.1. The van der Waals surface area contributed by atoms with E-state index in [1.54, 1.807) is 0 Å². The number of aryl methyl sites for hydroxylation is 2. The molecule has 1 aromatic rings. The van der Waals surface area contributed by atoms with Crippen molar-refractivity contribution in [2.24, 2.45) is 5.73 Å². The molecular formula is C17H29ClN2O. The lowest BCUT2D eigenvalue weighted by Crippen LogP contribution is -2.25. The number of carbonyl (C=O) groups excluding carboxylic acids is 1. The van der Waals surface area contributed by atoms with Gasteiger partial charge in [-0.3, -0.25) is 4.79 Å². The SMILES string of the molecule is Cc1cc(C)cc(CCNC(=O)CCCCCCN)c1.Cl. The Labute approximate surface area is 135 Å². The van der Waals surface area contributed by atoms with E-state index in [0.717, 1.165) is 45.2 Å². The Morgan fingerprint density at radius 2 is 1.67 bits per heavy atom. The number of unbranched alkanes of at least 4 members (excludes halogenated alkanes) is 3. The molecular weight excluding hydrogens is 284 g/mol. The largest absolute Gasteiger partial charge is 0.356 e. The van der Waals surface area contributed by atoms with Crippen LogP contribution in [0.2, 0.25) is 0 Å². The zero-order valence-electron chi connectivity index (χ0n) is 13.3. The van der Waals surface area contributed by atoms with Crippen molar-refractivity contribution in [1.29, 1.82) is 0 Å². The Hall–Kier alpha value is -1.06. The third-order valence-corrected chi connectivity index (χ3v) is 3.38. The summed E-state index contributed by atoms with van der Waals surface area (Å²) in [6.07, 6.45) is 5.80. The Kier molecular flexibility index (Phi) is 11.0. The van der Waals surface area contributed by atoms with Crippen molar-refractivity contribution in [1.82, 2.24) is 5.32 Å². The molecule has 21 heavy (non-hydrogen) atoms.